The molecule has 0 bridgehead atoms. The molecule has 0 aliphatic carbocycles. The van der Waals surface area contributed by atoms with Crippen molar-refractivity contribution in [3.05, 3.63) is 97.0 Å². The Morgan fingerprint density at radius 1 is 0.968 bits per heavy atom. The maximum absolute atomic E-state index is 13.1. The van der Waals surface area contributed by atoms with E-state index in [4.69, 9.17) is 4.98 Å². The molecule has 1 amide bonds. The van der Waals surface area contributed by atoms with E-state index in [2.05, 4.69) is 25.4 Å². The van der Waals surface area contributed by atoms with Gasteiger partial charge in [0.1, 0.15) is 12.7 Å². The number of fused-ring (bicyclic) bond motifs is 1. The molecular formula is C23H17N7O. The van der Waals surface area contributed by atoms with Gasteiger partial charge >= 0.3 is 0 Å². The van der Waals surface area contributed by atoms with Gasteiger partial charge in [-0.25, -0.2) is 19.6 Å². The topological polar surface area (TPSA) is 98.5 Å². The second-order valence-electron chi connectivity index (χ2n) is 6.85. The maximum Gasteiger partial charge on any atom is 0.252 e. The zero-order valence-corrected chi connectivity index (χ0v) is 16.4. The molecule has 1 N–H and O–H groups in total. The molecule has 0 fully saturated rings. The normalized spacial score (nSPS) is 10.8. The standard InChI is InChI=1S/C23H17N7O/c31-23(27-13-16-5-10-26-22(11-16)30-15-25-14-28-30)19-12-21(17-6-8-24-9-7-17)29-20-4-2-1-3-18(19)20/h1-12,14-15H,13H2,(H,27,31). The van der Waals surface area contributed by atoms with Crippen LogP contribution in [0.5, 0.6) is 0 Å². The van der Waals surface area contributed by atoms with Crippen molar-refractivity contribution in [2.75, 3.05) is 0 Å². The number of aromatic nitrogens is 6. The number of pyridine rings is 3. The highest BCUT2D eigenvalue weighted by molar-refractivity contribution is 6.07. The molecule has 0 spiro atoms. The Balaban J connectivity index is 1.44. The first-order valence-electron chi connectivity index (χ1n) is 9.66. The largest absolute Gasteiger partial charge is 0.348 e. The fourth-order valence-corrected chi connectivity index (χ4v) is 3.33. The molecule has 0 radical (unpaired) electrons. The minimum absolute atomic E-state index is 0.173. The Hall–Kier alpha value is -4.46. The van der Waals surface area contributed by atoms with Gasteiger partial charge in [0.2, 0.25) is 0 Å². The molecule has 4 heterocycles. The SMILES string of the molecule is O=C(NCc1ccnc(-n2cncn2)c1)c1cc(-c2ccncc2)nc2ccccc12. The minimum atomic E-state index is -0.173. The van der Waals surface area contributed by atoms with Crippen molar-refractivity contribution in [3.8, 4) is 17.1 Å². The average Bonchev–Trinajstić information content (AvgIpc) is 3.38. The molecule has 0 saturated carbocycles. The van der Waals surface area contributed by atoms with Gasteiger partial charge in [0.15, 0.2) is 5.82 Å². The van der Waals surface area contributed by atoms with Crippen LogP contribution in [0.15, 0.2) is 85.8 Å². The van der Waals surface area contributed by atoms with Gasteiger partial charge in [0, 0.05) is 36.1 Å². The number of amides is 1. The second-order valence-corrected chi connectivity index (χ2v) is 6.85. The molecule has 1 aromatic carbocycles. The summed E-state index contributed by atoms with van der Waals surface area (Å²) in [6.45, 7) is 0.351. The molecule has 4 aromatic heterocycles. The predicted molar refractivity (Wildman–Crippen MR) is 115 cm³/mol. The Morgan fingerprint density at radius 3 is 2.68 bits per heavy atom. The smallest absolute Gasteiger partial charge is 0.252 e. The monoisotopic (exact) mass is 407 g/mol. The van der Waals surface area contributed by atoms with Gasteiger partial charge in [0.05, 0.1) is 16.8 Å². The van der Waals surface area contributed by atoms with Crippen LogP contribution < -0.4 is 5.32 Å². The lowest BCUT2D eigenvalue weighted by Gasteiger charge is -2.11. The lowest BCUT2D eigenvalue weighted by atomic mass is 10.0. The highest BCUT2D eigenvalue weighted by Gasteiger charge is 2.14. The molecule has 150 valence electrons. The molecule has 8 nitrogen and oxygen atoms in total. The molecule has 0 unspecified atom stereocenters. The van der Waals surface area contributed by atoms with E-state index >= 15 is 0 Å². The highest BCUT2D eigenvalue weighted by Crippen LogP contribution is 2.24. The van der Waals surface area contributed by atoms with Crippen molar-refractivity contribution >= 4 is 16.8 Å². The van der Waals surface area contributed by atoms with Gasteiger partial charge in [-0.3, -0.25) is 9.78 Å². The summed E-state index contributed by atoms with van der Waals surface area (Å²) in [6, 6.07) is 16.9. The van der Waals surface area contributed by atoms with Crippen LogP contribution in [0.25, 0.3) is 28.0 Å². The summed E-state index contributed by atoms with van der Waals surface area (Å²) in [5, 5.41) is 7.90. The Morgan fingerprint density at radius 2 is 1.84 bits per heavy atom. The van der Waals surface area contributed by atoms with Crippen molar-refractivity contribution < 1.29 is 4.79 Å². The summed E-state index contributed by atoms with van der Waals surface area (Å²) < 4.78 is 1.57. The number of carbonyl (C=O) groups excluding carboxylic acids is 1. The molecule has 8 heteroatoms. The lowest BCUT2D eigenvalue weighted by Crippen LogP contribution is -2.23. The number of benzene rings is 1. The zero-order valence-electron chi connectivity index (χ0n) is 16.4. The number of hydrogen-bond acceptors (Lipinski definition) is 6. The van der Waals surface area contributed by atoms with E-state index < -0.39 is 0 Å². The van der Waals surface area contributed by atoms with E-state index in [0.29, 0.717) is 17.9 Å². The van der Waals surface area contributed by atoms with Gasteiger partial charge in [-0.1, -0.05) is 18.2 Å². The third-order valence-electron chi connectivity index (χ3n) is 4.85. The first-order valence-corrected chi connectivity index (χ1v) is 9.66. The van der Waals surface area contributed by atoms with Crippen molar-refractivity contribution in [1.82, 2.24) is 35.0 Å². The lowest BCUT2D eigenvalue weighted by molar-refractivity contribution is 0.0952. The number of rotatable bonds is 5. The van der Waals surface area contributed by atoms with E-state index in [1.54, 1.807) is 29.6 Å². The van der Waals surface area contributed by atoms with Crippen molar-refractivity contribution in [1.29, 1.82) is 0 Å². The van der Waals surface area contributed by atoms with E-state index in [1.807, 2.05) is 54.6 Å². The van der Waals surface area contributed by atoms with Crippen LogP contribution in [0.3, 0.4) is 0 Å². The summed E-state index contributed by atoms with van der Waals surface area (Å²) in [5.41, 5.74) is 3.87. The van der Waals surface area contributed by atoms with Crippen LogP contribution in [-0.2, 0) is 6.54 Å². The number of para-hydroxylation sites is 1. The van der Waals surface area contributed by atoms with Crippen LogP contribution in [-0.4, -0.2) is 35.6 Å². The second kappa shape index (κ2) is 8.11. The summed E-state index contributed by atoms with van der Waals surface area (Å²) in [5.74, 6) is 0.464. The van der Waals surface area contributed by atoms with E-state index in [0.717, 1.165) is 27.7 Å². The van der Waals surface area contributed by atoms with Gasteiger partial charge in [-0.2, -0.15) is 5.10 Å². The third kappa shape index (κ3) is 3.86. The fourth-order valence-electron chi connectivity index (χ4n) is 3.33. The van der Waals surface area contributed by atoms with Crippen molar-refractivity contribution in [3.63, 3.8) is 0 Å². The molecular weight excluding hydrogens is 390 g/mol. The van der Waals surface area contributed by atoms with Crippen molar-refractivity contribution in [2.24, 2.45) is 0 Å². The van der Waals surface area contributed by atoms with Crippen molar-refractivity contribution in [2.45, 2.75) is 6.54 Å². The summed E-state index contributed by atoms with van der Waals surface area (Å²) in [6.07, 6.45) is 8.13. The van der Waals surface area contributed by atoms with Crippen LogP contribution in [0.1, 0.15) is 15.9 Å². The van der Waals surface area contributed by atoms with Crippen LogP contribution in [0.2, 0.25) is 0 Å². The fraction of sp³-hybridized carbons (Fsp3) is 0.0435. The van der Waals surface area contributed by atoms with E-state index in [-0.39, 0.29) is 5.91 Å². The first-order chi connectivity index (χ1) is 15.3. The maximum atomic E-state index is 13.1. The average molecular weight is 407 g/mol. The molecule has 0 aliphatic heterocycles. The third-order valence-corrected chi connectivity index (χ3v) is 4.85. The molecule has 5 rings (SSSR count). The molecule has 0 aliphatic rings. The van der Waals surface area contributed by atoms with Gasteiger partial charge in [-0.15, -0.1) is 0 Å². The number of nitrogens with zero attached hydrogens (tertiary/aromatic N) is 6. The minimum Gasteiger partial charge on any atom is -0.348 e. The van der Waals surface area contributed by atoms with Gasteiger partial charge < -0.3 is 5.32 Å². The van der Waals surface area contributed by atoms with Crippen LogP contribution in [0, 0.1) is 0 Å². The number of carbonyl (C=O) groups is 1. The predicted octanol–water partition coefficient (Wildman–Crippen LogP) is 3.20. The molecule has 31 heavy (non-hydrogen) atoms. The first kappa shape index (κ1) is 18.6. The number of nitrogens with one attached hydrogen (secondary N) is 1. The Labute approximate surface area is 177 Å². The summed E-state index contributed by atoms with van der Waals surface area (Å²) >= 11 is 0. The van der Waals surface area contributed by atoms with Gasteiger partial charge in [0.25, 0.3) is 5.91 Å². The zero-order chi connectivity index (χ0) is 21.0. The Bertz CT molecular complexity index is 1350. The summed E-state index contributed by atoms with van der Waals surface area (Å²) in [7, 11) is 0. The molecule has 0 saturated heterocycles. The van der Waals surface area contributed by atoms with Gasteiger partial charge in [-0.05, 0) is 42.0 Å². The summed E-state index contributed by atoms with van der Waals surface area (Å²) in [4.78, 5) is 30.1. The quantitative estimate of drug-likeness (QED) is 0.480. The molecule has 5 aromatic rings. The highest BCUT2D eigenvalue weighted by atomic mass is 16.1. The molecule has 0 atom stereocenters. The van der Waals surface area contributed by atoms with E-state index in [1.165, 1.54) is 6.33 Å². The number of hydrogen-bond donors (Lipinski definition) is 1. The Kier molecular flexibility index (Phi) is 4.86. The van der Waals surface area contributed by atoms with Crippen LogP contribution in [0.4, 0.5) is 0 Å². The van der Waals surface area contributed by atoms with E-state index in [9.17, 15) is 4.79 Å². The van der Waals surface area contributed by atoms with Crippen LogP contribution >= 0.6 is 0 Å².